The number of benzene rings is 4. The number of imidazole rings is 2. The molecule has 2 bridgehead atoms. The fourth-order valence-electron chi connectivity index (χ4n) is 11.7. The average molecular weight is 1060 g/mol. The number of H-pyrrole nitrogens is 1. The number of alkyl halides is 2. The summed E-state index contributed by atoms with van der Waals surface area (Å²) in [6, 6.07) is 22.5. The van der Waals surface area contributed by atoms with E-state index in [9.17, 15) is 19.2 Å². The summed E-state index contributed by atoms with van der Waals surface area (Å²) in [5, 5.41) is 5.54. The molecular weight excluding hydrogens is 1010 g/mol. The van der Waals surface area contributed by atoms with Crippen molar-refractivity contribution in [3.05, 3.63) is 119 Å². The number of hydrogen-bond acceptors (Lipinski definition) is 9. The lowest BCUT2D eigenvalue weighted by molar-refractivity contribution is -0.140. The van der Waals surface area contributed by atoms with Crippen LogP contribution in [0.2, 0.25) is 0 Å². The number of amides is 4. The number of aromatic amines is 1. The predicted octanol–water partition coefficient (Wildman–Crippen LogP) is 9.38. The summed E-state index contributed by atoms with van der Waals surface area (Å²) in [4.78, 5) is 70.3. The van der Waals surface area contributed by atoms with Gasteiger partial charge in [0.1, 0.15) is 23.7 Å². The number of rotatable bonds is 10. The van der Waals surface area contributed by atoms with E-state index in [1.165, 1.54) is 20.3 Å². The minimum atomic E-state index is -3.31. The molecular formula is C52H51F2IN8O7. The number of fused-ring (bicyclic) bond motifs is 6. The third-order valence-corrected chi connectivity index (χ3v) is 16.1. The van der Waals surface area contributed by atoms with Crippen molar-refractivity contribution < 1.29 is 42.2 Å². The summed E-state index contributed by atoms with van der Waals surface area (Å²) in [5.41, 5.74) is 5.29. The van der Waals surface area contributed by atoms with Gasteiger partial charge in [0, 0.05) is 42.5 Å². The molecule has 2 aliphatic carbocycles. The highest BCUT2D eigenvalue weighted by atomic mass is 127. The van der Waals surface area contributed by atoms with Gasteiger partial charge in [-0.25, -0.2) is 19.6 Å². The van der Waals surface area contributed by atoms with E-state index >= 15 is 8.78 Å². The second-order valence-corrected chi connectivity index (χ2v) is 19.8. The number of piperidine rings is 1. The number of ether oxygens (including phenoxy) is 3. The second-order valence-electron chi connectivity index (χ2n) is 18.9. The van der Waals surface area contributed by atoms with E-state index in [1.54, 1.807) is 59.6 Å². The fourth-order valence-corrected chi connectivity index (χ4v) is 12.4. The minimum Gasteiger partial charge on any atom is -0.453 e. The van der Waals surface area contributed by atoms with Crippen LogP contribution in [0.4, 0.5) is 18.4 Å². The molecule has 0 unspecified atom stereocenters. The predicted molar refractivity (Wildman–Crippen MR) is 263 cm³/mol. The largest absolute Gasteiger partial charge is 0.453 e. The number of halogens is 3. The fraction of sp³-hybridized carbons (Fsp3) is 0.385. The first kappa shape index (κ1) is 46.0. The molecule has 3 aliphatic heterocycles. The second kappa shape index (κ2) is 18.4. The third-order valence-electron chi connectivity index (χ3n) is 15.1. The van der Waals surface area contributed by atoms with Crippen LogP contribution in [0.3, 0.4) is 0 Å². The standard InChI is InChI=1S/C52H51F2IN8O7/c1-68-50(66)59-43(28-7-4-3-5-8-28)48(64)61-20-6-9-41(61)46-56-27-40(57-46)32-12-16-36-35-15-11-30(24-37(35)52(53,54)38(36)25-32)31-13-17-39-42(26-31)63(55)47(58-39)45-33-10-14-34(23-33)62(45)49(65)44(60-51(67)69-2)29-18-21-70-22-19-29/h3-5,7-8,11-13,15-17,24-27,29,33-34,41,43-45H,6,9-10,14,18-23H2,1-2H3,(H,56,57)(H,59,66)(H,60,67)/t33-,34+,41-,43+,44-,45-/m0/s1. The number of carbonyl (C=O) groups is 4. The zero-order valence-corrected chi connectivity index (χ0v) is 40.7. The number of aromatic nitrogens is 4. The van der Waals surface area contributed by atoms with Crippen LogP contribution in [0.5, 0.6) is 0 Å². The molecule has 1 saturated carbocycles. The van der Waals surface area contributed by atoms with Gasteiger partial charge in [-0.05, 0) is 109 Å². The molecule has 18 heteroatoms. The van der Waals surface area contributed by atoms with Gasteiger partial charge in [0.15, 0.2) is 0 Å². The molecule has 11 rings (SSSR count). The summed E-state index contributed by atoms with van der Waals surface area (Å²) < 4.78 is 50.9. The van der Waals surface area contributed by atoms with Crippen molar-refractivity contribution in [2.75, 3.05) is 34.0 Å². The SMILES string of the molecule is COC(=O)N[C@H](C(=O)N1[C@@H]2CC[C@@H](C2)[C@H]1c1nc2ccc(-c3ccc4c(c3)C(F)(F)c3cc(-c5cnc([C@@H]6CCCN6C(=O)[C@H](NC(=O)OC)c6ccccc6)[nH]5)ccc3-4)cc2n1I)C1CCOCC1. The van der Waals surface area contributed by atoms with E-state index in [1.807, 2.05) is 38.0 Å². The number of nitrogens with one attached hydrogen (secondary N) is 3. The lowest BCUT2D eigenvalue weighted by Gasteiger charge is -2.39. The van der Waals surface area contributed by atoms with E-state index in [2.05, 4.69) is 43.5 Å². The smallest absolute Gasteiger partial charge is 0.407 e. The van der Waals surface area contributed by atoms with E-state index < -0.39 is 36.2 Å². The number of nitrogens with zero attached hydrogens (tertiary/aromatic N) is 5. The van der Waals surface area contributed by atoms with Crippen LogP contribution in [-0.4, -0.2) is 97.6 Å². The Hall–Kier alpha value is -6.41. The van der Waals surface area contributed by atoms with Gasteiger partial charge in [0.2, 0.25) is 5.91 Å². The Labute approximate surface area is 416 Å². The summed E-state index contributed by atoms with van der Waals surface area (Å²) in [5.74, 6) is -2.36. The maximum Gasteiger partial charge on any atom is 0.407 e. The van der Waals surface area contributed by atoms with Crippen molar-refractivity contribution in [1.29, 1.82) is 0 Å². The average Bonchev–Trinajstić information content (AvgIpc) is 4.28. The van der Waals surface area contributed by atoms with E-state index in [-0.39, 0.29) is 46.9 Å². The molecule has 6 atom stereocenters. The van der Waals surface area contributed by atoms with Crippen LogP contribution in [-0.2, 0) is 29.7 Å². The Morgan fingerprint density at radius 1 is 0.829 bits per heavy atom. The lowest BCUT2D eigenvalue weighted by Crippen LogP contribution is -2.55. The van der Waals surface area contributed by atoms with Gasteiger partial charge in [-0.2, -0.15) is 8.78 Å². The third kappa shape index (κ3) is 7.96. The Morgan fingerprint density at radius 2 is 1.51 bits per heavy atom. The molecule has 3 N–H and O–H groups in total. The first-order valence-corrected chi connectivity index (χ1v) is 24.8. The topological polar surface area (TPSA) is 173 Å². The lowest BCUT2D eigenvalue weighted by atomic mass is 9.89. The first-order chi connectivity index (χ1) is 33.9. The van der Waals surface area contributed by atoms with Gasteiger partial charge < -0.3 is 39.6 Å². The summed E-state index contributed by atoms with van der Waals surface area (Å²) in [6.07, 6.45) is 5.58. The molecule has 4 fully saturated rings. The maximum absolute atomic E-state index is 16.8. The van der Waals surface area contributed by atoms with Crippen molar-refractivity contribution in [2.24, 2.45) is 11.8 Å². The molecule has 70 heavy (non-hydrogen) atoms. The Morgan fingerprint density at radius 3 is 2.26 bits per heavy atom. The van der Waals surface area contributed by atoms with Crippen LogP contribution >= 0.6 is 22.9 Å². The Balaban J connectivity index is 0.842. The Bertz CT molecular complexity index is 3030. The first-order valence-electron chi connectivity index (χ1n) is 23.8. The van der Waals surface area contributed by atoms with Gasteiger partial charge in [-0.3, -0.25) is 12.4 Å². The minimum absolute atomic E-state index is 0.0271. The van der Waals surface area contributed by atoms with Gasteiger partial charge in [0.05, 0.1) is 72.1 Å². The van der Waals surface area contributed by atoms with Crippen molar-refractivity contribution in [2.45, 2.75) is 81.1 Å². The van der Waals surface area contributed by atoms with Crippen LogP contribution in [0.25, 0.3) is 44.5 Å². The van der Waals surface area contributed by atoms with Crippen LogP contribution in [0.15, 0.2) is 91.1 Å². The van der Waals surface area contributed by atoms with Crippen molar-refractivity contribution in [3.63, 3.8) is 0 Å². The quantitative estimate of drug-likeness (QED) is 0.113. The highest BCUT2D eigenvalue weighted by Crippen LogP contribution is 2.54. The zero-order valence-electron chi connectivity index (χ0n) is 38.5. The number of carbonyl (C=O) groups excluding carboxylic acids is 4. The highest BCUT2D eigenvalue weighted by molar-refractivity contribution is 14.1. The molecule has 15 nitrogen and oxygen atoms in total. The normalized spacial score (nSPS) is 22.1. The number of likely N-dealkylation sites (tertiary alicyclic amines) is 2. The highest BCUT2D eigenvalue weighted by Gasteiger charge is 2.53. The molecule has 362 valence electrons. The number of hydrogen-bond donors (Lipinski definition) is 3. The summed E-state index contributed by atoms with van der Waals surface area (Å²) >= 11 is 2.24. The van der Waals surface area contributed by atoms with E-state index in [0.29, 0.717) is 84.8 Å². The molecule has 0 spiro atoms. The molecule has 5 heterocycles. The van der Waals surface area contributed by atoms with Crippen LogP contribution in [0, 0.1) is 11.8 Å². The molecule has 2 aromatic heterocycles. The molecule has 6 aromatic rings. The van der Waals surface area contributed by atoms with Gasteiger partial charge in [-0.15, -0.1) is 0 Å². The van der Waals surface area contributed by atoms with E-state index in [0.717, 1.165) is 41.7 Å². The zero-order chi connectivity index (χ0) is 48.4. The van der Waals surface area contributed by atoms with Gasteiger partial charge >= 0.3 is 12.2 Å². The number of methoxy groups -OCH3 is 2. The summed E-state index contributed by atoms with van der Waals surface area (Å²) in [7, 11) is 2.54. The van der Waals surface area contributed by atoms with Crippen molar-refractivity contribution in [1.82, 2.24) is 38.2 Å². The van der Waals surface area contributed by atoms with E-state index in [4.69, 9.17) is 19.2 Å². The maximum atomic E-state index is 16.8. The van der Waals surface area contributed by atoms with Gasteiger partial charge in [-0.1, -0.05) is 60.7 Å². The number of alkyl carbamates (subject to hydrolysis) is 2. The monoisotopic (exact) mass is 1060 g/mol. The van der Waals surface area contributed by atoms with Crippen molar-refractivity contribution in [3.8, 4) is 33.5 Å². The van der Waals surface area contributed by atoms with Gasteiger partial charge in [0.25, 0.3) is 11.8 Å². The molecule has 4 aromatic carbocycles. The molecule has 5 aliphatic rings. The Kier molecular flexibility index (Phi) is 12.1. The molecule has 3 saturated heterocycles. The van der Waals surface area contributed by atoms with Crippen LogP contribution in [0.1, 0.15) is 91.4 Å². The summed E-state index contributed by atoms with van der Waals surface area (Å²) in [6.45, 7) is 1.49. The van der Waals surface area contributed by atoms with Crippen LogP contribution < -0.4 is 10.6 Å². The van der Waals surface area contributed by atoms with Crippen molar-refractivity contribution >= 4 is 57.9 Å². The molecule has 4 amide bonds. The molecule has 0 radical (unpaired) electrons.